The van der Waals surface area contributed by atoms with Gasteiger partial charge >= 0.3 is 0 Å². The van der Waals surface area contributed by atoms with Gasteiger partial charge in [0.05, 0.1) is 0 Å². The molecule has 0 bridgehead atoms. The first kappa shape index (κ1) is 9.34. The molecule has 0 radical (unpaired) electrons. The Morgan fingerprint density at radius 3 is 1.90 bits per heavy atom. The van der Waals surface area contributed by atoms with E-state index in [-0.39, 0.29) is 11.2 Å². The van der Waals surface area contributed by atoms with Gasteiger partial charge in [0.15, 0.2) is 0 Å². The molecule has 0 spiro atoms. The van der Waals surface area contributed by atoms with Gasteiger partial charge in [-0.05, 0) is 12.3 Å². The molecule has 58 valence electrons. The molecule has 0 aliphatic rings. The Morgan fingerprint density at radius 1 is 1.40 bits per heavy atom. The Morgan fingerprint density at radius 2 is 1.80 bits per heavy atom. The van der Waals surface area contributed by atoms with E-state index in [1.165, 1.54) is 6.92 Å². The van der Waals surface area contributed by atoms with Crippen LogP contribution in [0.5, 0.6) is 0 Å². The number of nitrogens with one attached hydrogen (secondary N) is 1. The second-order valence-electron chi connectivity index (χ2n) is 3.61. The minimum absolute atomic E-state index is 0.0694. The summed E-state index contributed by atoms with van der Waals surface area (Å²) < 4.78 is 0. The first-order valence-electron chi connectivity index (χ1n) is 3.41. The number of carbonyl (C=O) groups is 1. The van der Waals surface area contributed by atoms with Gasteiger partial charge in [-0.25, -0.2) is 0 Å². The SMILES string of the molecule is CC(=O)CC(=N)C(C)(C)C. The lowest BCUT2D eigenvalue weighted by atomic mass is 9.87. The highest BCUT2D eigenvalue weighted by Crippen LogP contribution is 2.16. The largest absolute Gasteiger partial charge is 0.309 e. The van der Waals surface area contributed by atoms with Crippen molar-refractivity contribution in [2.45, 2.75) is 34.1 Å². The molecule has 1 N–H and O–H groups in total. The van der Waals surface area contributed by atoms with Crippen LogP contribution in [0.2, 0.25) is 0 Å². The van der Waals surface area contributed by atoms with E-state index in [1.54, 1.807) is 0 Å². The van der Waals surface area contributed by atoms with E-state index in [1.807, 2.05) is 20.8 Å². The fourth-order valence-corrected chi connectivity index (χ4v) is 0.514. The molecule has 0 amide bonds. The summed E-state index contributed by atoms with van der Waals surface area (Å²) >= 11 is 0. The monoisotopic (exact) mass is 141 g/mol. The maximum absolute atomic E-state index is 10.6. The number of rotatable bonds is 2. The molecule has 0 heterocycles. The molecule has 0 atom stereocenters. The van der Waals surface area contributed by atoms with Crippen molar-refractivity contribution in [1.82, 2.24) is 0 Å². The number of hydrogen-bond acceptors (Lipinski definition) is 2. The Hall–Kier alpha value is -0.660. The average molecular weight is 141 g/mol. The quantitative estimate of drug-likeness (QED) is 0.587. The zero-order chi connectivity index (χ0) is 8.36. The van der Waals surface area contributed by atoms with Crippen molar-refractivity contribution in [3.63, 3.8) is 0 Å². The Kier molecular flexibility index (Phi) is 2.76. The molecule has 0 rings (SSSR count). The number of Topliss-reactive ketones (excluding diaryl/α,β-unsaturated/α-hetero) is 1. The van der Waals surface area contributed by atoms with Crippen molar-refractivity contribution in [3.05, 3.63) is 0 Å². The summed E-state index contributed by atoms with van der Waals surface area (Å²) in [7, 11) is 0. The van der Waals surface area contributed by atoms with Crippen LogP contribution in [0.25, 0.3) is 0 Å². The molecular weight excluding hydrogens is 126 g/mol. The third-order valence-electron chi connectivity index (χ3n) is 1.33. The minimum atomic E-state index is -0.147. The van der Waals surface area contributed by atoms with E-state index in [9.17, 15) is 4.79 Å². The smallest absolute Gasteiger partial charge is 0.135 e. The highest BCUT2D eigenvalue weighted by atomic mass is 16.1. The van der Waals surface area contributed by atoms with Crippen molar-refractivity contribution in [2.24, 2.45) is 5.41 Å². The maximum Gasteiger partial charge on any atom is 0.135 e. The molecule has 0 aromatic rings. The third-order valence-corrected chi connectivity index (χ3v) is 1.33. The zero-order valence-corrected chi connectivity index (χ0v) is 7.12. The summed E-state index contributed by atoms with van der Waals surface area (Å²) in [5.74, 6) is 0.0694. The summed E-state index contributed by atoms with van der Waals surface area (Å²) in [5, 5.41) is 7.45. The van der Waals surface area contributed by atoms with Gasteiger partial charge in [0.25, 0.3) is 0 Å². The standard InChI is InChI=1S/C8H15NO/c1-6(10)5-7(9)8(2,3)4/h9H,5H2,1-4H3. The Balaban J connectivity index is 3.99. The molecule has 0 aromatic heterocycles. The molecule has 0 aliphatic carbocycles. The topological polar surface area (TPSA) is 40.9 Å². The summed E-state index contributed by atoms with van der Waals surface area (Å²) in [4.78, 5) is 10.6. The number of hydrogen-bond donors (Lipinski definition) is 1. The van der Waals surface area contributed by atoms with Gasteiger partial charge in [0.1, 0.15) is 5.78 Å². The predicted molar refractivity (Wildman–Crippen MR) is 42.5 cm³/mol. The summed E-state index contributed by atoms with van der Waals surface area (Å²) in [5.41, 5.74) is 0.367. The van der Waals surface area contributed by atoms with E-state index >= 15 is 0 Å². The number of carbonyl (C=O) groups excluding carboxylic acids is 1. The fourth-order valence-electron chi connectivity index (χ4n) is 0.514. The summed E-state index contributed by atoms with van der Waals surface area (Å²) in [6.45, 7) is 7.34. The van der Waals surface area contributed by atoms with E-state index < -0.39 is 0 Å². The first-order chi connectivity index (χ1) is 4.34. The van der Waals surface area contributed by atoms with Crippen LogP contribution in [0, 0.1) is 10.8 Å². The van der Waals surface area contributed by atoms with Gasteiger partial charge in [0.2, 0.25) is 0 Å². The van der Waals surface area contributed by atoms with Crippen molar-refractivity contribution >= 4 is 11.5 Å². The molecule has 2 nitrogen and oxygen atoms in total. The van der Waals surface area contributed by atoms with Crippen LogP contribution in [0.15, 0.2) is 0 Å². The van der Waals surface area contributed by atoms with Crippen LogP contribution in [0.4, 0.5) is 0 Å². The second kappa shape index (κ2) is 2.95. The molecule has 0 saturated heterocycles. The van der Waals surface area contributed by atoms with Crippen molar-refractivity contribution < 1.29 is 4.79 Å². The van der Waals surface area contributed by atoms with Gasteiger partial charge in [-0.3, -0.25) is 4.79 Å². The van der Waals surface area contributed by atoms with Gasteiger partial charge in [-0.2, -0.15) is 0 Å². The van der Waals surface area contributed by atoms with Gasteiger partial charge in [-0.15, -0.1) is 0 Å². The minimum Gasteiger partial charge on any atom is -0.309 e. The summed E-state index contributed by atoms with van der Waals surface area (Å²) in [6, 6.07) is 0. The highest BCUT2D eigenvalue weighted by molar-refractivity contribution is 6.01. The van der Waals surface area contributed by atoms with Crippen molar-refractivity contribution in [3.8, 4) is 0 Å². The Bertz CT molecular complexity index is 153. The van der Waals surface area contributed by atoms with E-state index in [0.29, 0.717) is 12.1 Å². The van der Waals surface area contributed by atoms with E-state index in [2.05, 4.69) is 0 Å². The van der Waals surface area contributed by atoms with Gasteiger partial charge in [-0.1, -0.05) is 20.8 Å². The normalized spacial score (nSPS) is 11.2. The maximum atomic E-state index is 10.6. The van der Waals surface area contributed by atoms with Crippen LogP contribution < -0.4 is 0 Å². The van der Waals surface area contributed by atoms with E-state index in [0.717, 1.165) is 0 Å². The molecule has 10 heavy (non-hydrogen) atoms. The lowest BCUT2D eigenvalue weighted by molar-refractivity contribution is -0.115. The molecular formula is C8H15NO. The summed E-state index contributed by atoms with van der Waals surface area (Å²) in [6.07, 6.45) is 0.295. The van der Waals surface area contributed by atoms with Crippen LogP contribution in [0.1, 0.15) is 34.1 Å². The predicted octanol–water partition coefficient (Wildman–Crippen LogP) is 2.03. The van der Waals surface area contributed by atoms with Crippen molar-refractivity contribution in [2.75, 3.05) is 0 Å². The van der Waals surface area contributed by atoms with Crippen LogP contribution in [-0.4, -0.2) is 11.5 Å². The highest BCUT2D eigenvalue weighted by Gasteiger charge is 2.17. The molecule has 0 saturated carbocycles. The fraction of sp³-hybridized carbons (Fsp3) is 0.750. The molecule has 0 unspecified atom stereocenters. The average Bonchev–Trinajstić information content (AvgIpc) is 1.60. The molecule has 0 fully saturated rings. The molecule has 0 aliphatic heterocycles. The first-order valence-corrected chi connectivity index (χ1v) is 3.41. The second-order valence-corrected chi connectivity index (χ2v) is 3.61. The lowest BCUT2D eigenvalue weighted by Gasteiger charge is -2.18. The van der Waals surface area contributed by atoms with Crippen molar-refractivity contribution in [1.29, 1.82) is 5.41 Å². The Labute approximate surface area is 62.1 Å². The van der Waals surface area contributed by atoms with Crippen LogP contribution >= 0.6 is 0 Å². The van der Waals surface area contributed by atoms with E-state index in [4.69, 9.17) is 5.41 Å². The third kappa shape index (κ3) is 3.38. The van der Waals surface area contributed by atoms with Crippen LogP contribution in [0.3, 0.4) is 0 Å². The molecule has 2 heteroatoms. The van der Waals surface area contributed by atoms with Crippen LogP contribution in [-0.2, 0) is 4.79 Å². The zero-order valence-electron chi connectivity index (χ0n) is 7.12. The van der Waals surface area contributed by atoms with Gasteiger partial charge in [0, 0.05) is 12.1 Å². The lowest BCUT2D eigenvalue weighted by Crippen LogP contribution is -2.21. The van der Waals surface area contributed by atoms with Gasteiger partial charge < -0.3 is 5.41 Å². The number of ketones is 1. The molecule has 0 aromatic carbocycles.